The van der Waals surface area contributed by atoms with Crippen molar-refractivity contribution in [1.82, 2.24) is 0 Å². The zero-order valence-electron chi connectivity index (χ0n) is 6.78. The third-order valence-electron chi connectivity index (χ3n) is 1.38. The fourth-order valence-corrected chi connectivity index (χ4v) is 1.49. The second-order valence-corrected chi connectivity index (χ2v) is 3.19. The summed E-state index contributed by atoms with van der Waals surface area (Å²) in [4.78, 5) is 11.9. The predicted molar refractivity (Wildman–Crippen MR) is 51.9 cm³/mol. The highest BCUT2D eigenvalue weighted by molar-refractivity contribution is 7.09. The molecule has 0 unspecified atom stereocenters. The van der Waals surface area contributed by atoms with Gasteiger partial charge in [-0.15, -0.1) is 23.7 Å². The lowest BCUT2D eigenvalue weighted by atomic mass is 10.3. The van der Waals surface area contributed by atoms with Crippen LogP contribution in [-0.4, -0.2) is 13.1 Å². The van der Waals surface area contributed by atoms with E-state index in [2.05, 4.69) is 4.74 Å². The number of carbonyl (C=O) groups excluding carboxylic acids is 1. The molecule has 1 heterocycles. The van der Waals surface area contributed by atoms with Crippen LogP contribution in [0.4, 0.5) is 0 Å². The summed E-state index contributed by atoms with van der Waals surface area (Å²) in [5.41, 5.74) is 0. The molecule has 1 rings (SSSR count). The first-order valence-corrected chi connectivity index (χ1v) is 4.30. The summed E-state index contributed by atoms with van der Waals surface area (Å²) >= 11 is 1.67. The molecule has 0 spiro atoms. The van der Waals surface area contributed by atoms with Gasteiger partial charge in [-0.25, -0.2) is 0 Å². The molecule has 0 aliphatic heterocycles. The molecular formula is C8H11ClO2S. The number of aryl methyl sites for hydroxylation is 1. The monoisotopic (exact) mass is 206 g/mol. The molecule has 0 radical (unpaired) electrons. The molecule has 0 fully saturated rings. The molecule has 2 nitrogen and oxygen atoms in total. The van der Waals surface area contributed by atoms with E-state index in [0.29, 0.717) is 6.42 Å². The first-order valence-electron chi connectivity index (χ1n) is 3.42. The lowest BCUT2D eigenvalue weighted by Crippen LogP contribution is -2.00. The van der Waals surface area contributed by atoms with Gasteiger partial charge in [0.05, 0.1) is 13.5 Å². The highest BCUT2D eigenvalue weighted by Gasteiger charge is 2.00. The summed E-state index contributed by atoms with van der Waals surface area (Å²) in [6.45, 7) is 0. The van der Waals surface area contributed by atoms with E-state index in [9.17, 15) is 4.79 Å². The minimum atomic E-state index is -0.140. The topological polar surface area (TPSA) is 26.3 Å². The number of hydrogen-bond acceptors (Lipinski definition) is 3. The molecule has 0 saturated carbocycles. The van der Waals surface area contributed by atoms with Crippen molar-refractivity contribution in [2.45, 2.75) is 12.8 Å². The Morgan fingerprint density at radius 1 is 1.67 bits per heavy atom. The Balaban J connectivity index is 0.00000121. The van der Waals surface area contributed by atoms with Crippen molar-refractivity contribution in [1.29, 1.82) is 0 Å². The van der Waals surface area contributed by atoms with Gasteiger partial charge in [0, 0.05) is 4.88 Å². The number of hydrogen-bond donors (Lipinski definition) is 0. The van der Waals surface area contributed by atoms with Crippen molar-refractivity contribution in [3.05, 3.63) is 22.4 Å². The zero-order valence-corrected chi connectivity index (χ0v) is 8.41. The lowest BCUT2D eigenvalue weighted by Gasteiger charge is -1.95. The molecule has 0 aliphatic rings. The second-order valence-electron chi connectivity index (χ2n) is 2.16. The van der Waals surface area contributed by atoms with Gasteiger partial charge < -0.3 is 4.74 Å². The number of carbonyl (C=O) groups is 1. The van der Waals surface area contributed by atoms with Gasteiger partial charge in [0.2, 0.25) is 0 Å². The largest absolute Gasteiger partial charge is 0.469 e. The van der Waals surface area contributed by atoms with Crippen LogP contribution < -0.4 is 0 Å². The molecule has 0 aliphatic carbocycles. The van der Waals surface area contributed by atoms with Gasteiger partial charge in [0.25, 0.3) is 0 Å². The van der Waals surface area contributed by atoms with Gasteiger partial charge in [-0.05, 0) is 17.9 Å². The van der Waals surface area contributed by atoms with Crippen LogP contribution in [-0.2, 0) is 16.0 Å². The summed E-state index contributed by atoms with van der Waals surface area (Å²) in [7, 11) is 1.41. The Bertz CT molecular complexity index is 221. The predicted octanol–water partition coefficient (Wildman–Crippen LogP) is 2.28. The first kappa shape index (κ1) is 11.5. The van der Waals surface area contributed by atoms with E-state index in [0.717, 1.165) is 6.42 Å². The van der Waals surface area contributed by atoms with E-state index in [1.807, 2.05) is 17.5 Å². The highest BCUT2D eigenvalue weighted by Crippen LogP contribution is 2.10. The van der Waals surface area contributed by atoms with Gasteiger partial charge in [-0.2, -0.15) is 0 Å². The minimum absolute atomic E-state index is 0. The molecule has 1 aromatic rings. The number of ether oxygens (including phenoxy) is 1. The van der Waals surface area contributed by atoms with Crippen molar-refractivity contribution in [2.24, 2.45) is 0 Å². The smallest absolute Gasteiger partial charge is 0.305 e. The van der Waals surface area contributed by atoms with E-state index in [-0.39, 0.29) is 18.4 Å². The quantitative estimate of drug-likeness (QED) is 0.710. The summed E-state index contributed by atoms with van der Waals surface area (Å²) in [6.07, 6.45) is 1.28. The summed E-state index contributed by atoms with van der Waals surface area (Å²) in [5, 5.41) is 2.01. The first-order chi connectivity index (χ1) is 5.33. The van der Waals surface area contributed by atoms with Crippen LogP contribution in [0.2, 0.25) is 0 Å². The van der Waals surface area contributed by atoms with Crippen LogP contribution in [0, 0.1) is 0 Å². The third-order valence-corrected chi connectivity index (χ3v) is 2.32. The highest BCUT2D eigenvalue weighted by atomic mass is 35.5. The maximum absolute atomic E-state index is 10.7. The lowest BCUT2D eigenvalue weighted by molar-refractivity contribution is -0.140. The third kappa shape index (κ3) is 3.74. The maximum Gasteiger partial charge on any atom is 0.305 e. The fourth-order valence-electron chi connectivity index (χ4n) is 0.782. The number of rotatable bonds is 3. The molecule has 0 aromatic carbocycles. The number of thiophene rings is 1. The van der Waals surface area contributed by atoms with Crippen LogP contribution in [0.5, 0.6) is 0 Å². The number of esters is 1. The Morgan fingerprint density at radius 3 is 2.92 bits per heavy atom. The Morgan fingerprint density at radius 2 is 2.42 bits per heavy atom. The Hall–Kier alpha value is -0.540. The van der Waals surface area contributed by atoms with Gasteiger partial charge in [0.1, 0.15) is 0 Å². The van der Waals surface area contributed by atoms with Crippen LogP contribution in [0.15, 0.2) is 17.5 Å². The molecule has 0 amide bonds. The standard InChI is InChI=1S/C8H10O2S.ClH/c1-10-8(9)5-4-7-3-2-6-11-7;/h2-3,6H,4-5H2,1H3;1H. The van der Waals surface area contributed by atoms with E-state index >= 15 is 0 Å². The molecule has 4 heteroatoms. The average Bonchev–Trinajstić information content (AvgIpc) is 2.52. The zero-order chi connectivity index (χ0) is 8.10. The molecule has 0 atom stereocenters. The number of halogens is 1. The maximum atomic E-state index is 10.7. The SMILES string of the molecule is COC(=O)CCc1cccs1.Cl. The molecule has 0 bridgehead atoms. The number of methoxy groups -OCH3 is 1. The van der Waals surface area contributed by atoms with E-state index < -0.39 is 0 Å². The van der Waals surface area contributed by atoms with Crippen LogP contribution in [0.3, 0.4) is 0 Å². The summed E-state index contributed by atoms with van der Waals surface area (Å²) in [6, 6.07) is 4.00. The van der Waals surface area contributed by atoms with E-state index in [4.69, 9.17) is 0 Å². The normalized spacial score (nSPS) is 8.75. The fraction of sp³-hybridized carbons (Fsp3) is 0.375. The van der Waals surface area contributed by atoms with Crippen molar-refractivity contribution in [2.75, 3.05) is 7.11 Å². The second kappa shape index (κ2) is 6.03. The molecule has 1 aromatic heterocycles. The van der Waals surface area contributed by atoms with Gasteiger partial charge in [-0.1, -0.05) is 6.07 Å². The summed E-state index contributed by atoms with van der Waals surface area (Å²) < 4.78 is 4.51. The van der Waals surface area contributed by atoms with E-state index in [1.54, 1.807) is 11.3 Å². The minimum Gasteiger partial charge on any atom is -0.469 e. The van der Waals surface area contributed by atoms with Crippen LogP contribution in [0.25, 0.3) is 0 Å². The molecule has 0 saturated heterocycles. The van der Waals surface area contributed by atoms with Gasteiger partial charge in [-0.3, -0.25) is 4.79 Å². The average molecular weight is 207 g/mol. The van der Waals surface area contributed by atoms with Gasteiger partial charge in [0.15, 0.2) is 0 Å². The van der Waals surface area contributed by atoms with E-state index in [1.165, 1.54) is 12.0 Å². The van der Waals surface area contributed by atoms with Crippen molar-refractivity contribution >= 4 is 29.7 Å². The molecular weight excluding hydrogens is 196 g/mol. The molecule has 12 heavy (non-hydrogen) atoms. The van der Waals surface area contributed by atoms with Crippen molar-refractivity contribution in [3.8, 4) is 0 Å². The van der Waals surface area contributed by atoms with Crippen LogP contribution >= 0.6 is 23.7 Å². The van der Waals surface area contributed by atoms with Crippen molar-refractivity contribution in [3.63, 3.8) is 0 Å². The van der Waals surface area contributed by atoms with Crippen LogP contribution in [0.1, 0.15) is 11.3 Å². The Labute approximate surface area is 82.0 Å². The van der Waals surface area contributed by atoms with Crippen molar-refractivity contribution < 1.29 is 9.53 Å². The summed E-state index contributed by atoms with van der Waals surface area (Å²) in [5.74, 6) is -0.140. The molecule has 68 valence electrons. The van der Waals surface area contributed by atoms with Gasteiger partial charge >= 0.3 is 5.97 Å². The Kier molecular flexibility index (Phi) is 5.76. The molecule has 0 N–H and O–H groups in total.